The molecule has 0 unspecified atom stereocenters. The molecule has 0 saturated heterocycles. The number of hydrogen-bond donors (Lipinski definition) is 1. The van der Waals surface area contributed by atoms with Gasteiger partial charge in [-0.1, -0.05) is 42.5 Å². The van der Waals surface area contributed by atoms with Crippen LogP contribution in [0.15, 0.2) is 60.9 Å². The lowest BCUT2D eigenvalue weighted by Crippen LogP contribution is -2.28. The van der Waals surface area contributed by atoms with E-state index in [0.29, 0.717) is 6.54 Å². The largest absolute Gasteiger partial charge is 0.337 e. The first-order valence-corrected chi connectivity index (χ1v) is 9.12. The van der Waals surface area contributed by atoms with Gasteiger partial charge in [0, 0.05) is 24.5 Å². The van der Waals surface area contributed by atoms with Gasteiger partial charge in [-0.15, -0.1) is 0 Å². The Morgan fingerprint density at radius 2 is 1.96 bits per heavy atom. The SMILES string of the molecule is CSCCCNC(=O)n1ccc(-c2cccc3ccccc23)c1. The lowest BCUT2D eigenvalue weighted by Gasteiger charge is -2.06. The van der Waals surface area contributed by atoms with E-state index in [4.69, 9.17) is 0 Å². The standard InChI is InChI=1S/C19H20N2OS/c1-23-13-5-11-20-19(22)21-12-10-16(14-21)18-9-4-7-15-6-2-3-8-17(15)18/h2-4,6-10,12,14H,5,11,13H2,1H3,(H,20,22). The van der Waals surface area contributed by atoms with Crippen molar-refractivity contribution in [1.29, 1.82) is 0 Å². The van der Waals surface area contributed by atoms with Crippen molar-refractivity contribution < 1.29 is 4.79 Å². The minimum Gasteiger partial charge on any atom is -0.337 e. The zero-order chi connectivity index (χ0) is 16.1. The Kier molecular flexibility index (Phi) is 5.03. The fraction of sp³-hybridized carbons (Fsp3) is 0.211. The summed E-state index contributed by atoms with van der Waals surface area (Å²) >= 11 is 1.79. The Bertz CT molecular complexity index is 804. The molecule has 0 radical (unpaired) electrons. The van der Waals surface area contributed by atoms with Crippen LogP contribution >= 0.6 is 11.8 Å². The summed E-state index contributed by atoms with van der Waals surface area (Å²) in [7, 11) is 0. The molecule has 1 heterocycles. The van der Waals surface area contributed by atoms with Gasteiger partial charge in [0.25, 0.3) is 0 Å². The highest BCUT2D eigenvalue weighted by atomic mass is 32.2. The third kappa shape index (κ3) is 3.59. The van der Waals surface area contributed by atoms with Crippen LogP contribution in [0.4, 0.5) is 4.79 Å². The first-order valence-electron chi connectivity index (χ1n) is 7.73. The van der Waals surface area contributed by atoms with Gasteiger partial charge in [0.15, 0.2) is 0 Å². The van der Waals surface area contributed by atoms with Crippen LogP contribution in [0.2, 0.25) is 0 Å². The lowest BCUT2D eigenvalue weighted by molar-refractivity contribution is 0.242. The van der Waals surface area contributed by atoms with Crippen molar-refractivity contribution in [2.45, 2.75) is 6.42 Å². The van der Waals surface area contributed by atoms with Crippen molar-refractivity contribution in [2.75, 3.05) is 18.6 Å². The lowest BCUT2D eigenvalue weighted by atomic mass is 10.0. The van der Waals surface area contributed by atoms with Gasteiger partial charge in [0.2, 0.25) is 0 Å². The highest BCUT2D eigenvalue weighted by Gasteiger charge is 2.08. The van der Waals surface area contributed by atoms with Crippen LogP contribution in [-0.2, 0) is 0 Å². The zero-order valence-electron chi connectivity index (χ0n) is 13.2. The number of amides is 1. The van der Waals surface area contributed by atoms with E-state index in [1.807, 2.05) is 30.6 Å². The average Bonchev–Trinajstić information content (AvgIpc) is 3.08. The molecule has 118 valence electrons. The van der Waals surface area contributed by atoms with Gasteiger partial charge in [-0.05, 0) is 40.8 Å². The number of carbonyl (C=O) groups is 1. The summed E-state index contributed by atoms with van der Waals surface area (Å²) in [5.41, 5.74) is 2.21. The Morgan fingerprint density at radius 1 is 1.13 bits per heavy atom. The molecule has 0 spiro atoms. The minimum absolute atomic E-state index is 0.0717. The Morgan fingerprint density at radius 3 is 2.83 bits per heavy atom. The molecule has 3 rings (SSSR count). The van der Waals surface area contributed by atoms with Crippen LogP contribution in [0.25, 0.3) is 21.9 Å². The molecule has 0 atom stereocenters. The van der Waals surface area contributed by atoms with Crippen LogP contribution < -0.4 is 5.32 Å². The van der Waals surface area contributed by atoms with Crippen molar-refractivity contribution in [3.05, 3.63) is 60.9 Å². The Balaban J connectivity index is 1.80. The third-order valence-corrected chi connectivity index (χ3v) is 4.53. The number of nitrogens with zero attached hydrogens (tertiary/aromatic N) is 1. The smallest absolute Gasteiger partial charge is 0.325 e. The molecule has 0 aliphatic rings. The van der Waals surface area contributed by atoms with Gasteiger partial charge in [0.1, 0.15) is 0 Å². The van der Waals surface area contributed by atoms with E-state index in [-0.39, 0.29) is 6.03 Å². The first kappa shape index (κ1) is 15.7. The number of fused-ring (bicyclic) bond motifs is 1. The summed E-state index contributed by atoms with van der Waals surface area (Å²) in [6.07, 6.45) is 6.78. The highest BCUT2D eigenvalue weighted by Crippen LogP contribution is 2.28. The van der Waals surface area contributed by atoms with Gasteiger partial charge < -0.3 is 5.32 Å². The molecule has 1 aromatic heterocycles. The third-order valence-electron chi connectivity index (χ3n) is 3.83. The second-order valence-corrected chi connectivity index (χ2v) is 6.40. The molecule has 3 aromatic rings. The maximum atomic E-state index is 12.2. The van der Waals surface area contributed by atoms with E-state index in [2.05, 4.69) is 41.9 Å². The summed E-state index contributed by atoms with van der Waals surface area (Å²) in [6, 6.07) is 16.5. The van der Waals surface area contributed by atoms with Crippen LogP contribution in [0, 0.1) is 0 Å². The number of benzene rings is 2. The van der Waals surface area contributed by atoms with Crippen molar-refractivity contribution in [3.63, 3.8) is 0 Å². The molecule has 1 N–H and O–H groups in total. The molecule has 0 saturated carbocycles. The van der Waals surface area contributed by atoms with Gasteiger partial charge in [-0.2, -0.15) is 11.8 Å². The molecule has 0 aliphatic carbocycles. The molecule has 0 fully saturated rings. The maximum absolute atomic E-state index is 12.2. The van der Waals surface area contributed by atoms with Crippen molar-refractivity contribution in [3.8, 4) is 11.1 Å². The molecule has 1 amide bonds. The number of rotatable bonds is 5. The monoisotopic (exact) mass is 324 g/mol. The van der Waals surface area contributed by atoms with E-state index < -0.39 is 0 Å². The summed E-state index contributed by atoms with van der Waals surface area (Å²) in [5, 5.41) is 5.36. The minimum atomic E-state index is -0.0717. The summed E-state index contributed by atoms with van der Waals surface area (Å²) < 4.78 is 1.62. The van der Waals surface area contributed by atoms with E-state index in [1.54, 1.807) is 16.3 Å². The van der Waals surface area contributed by atoms with Gasteiger partial charge in [0.05, 0.1) is 0 Å². The number of hydrogen-bond acceptors (Lipinski definition) is 2. The second-order valence-electron chi connectivity index (χ2n) is 5.41. The summed E-state index contributed by atoms with van der Waals surface area (Å²) in [4.78, 5) is 12.2. The number of aromatic nitrogens is 1. The first-order chi connectivity index (χ1) is 11.3. The van der Waals surface area contributed by atoms with Crippen LogP contribution in [0.5, 0.6) is 0 Å². The Labute approximate surface area is 140 Å². The van der Waals surface area contributed by atoms with E-state index in [0.717, 1.165) is 23.3 Å². The van der Waals surface area contributed by atoms with Gasteiger partial charge >= 0.3 is 6.03 Å². The predicted octanol–water partition coefficient (Wildman–Crippen LogP) is 4.62. The fourth-order valence-electron chi connectivity index (χ4n) is 2.66. The van der Waals surface area contributed by atoms with Crippen molar-refractivity contribution >= 4 is 28.6 Å². The molecular formula is C19H20N2OS. The van der Waals surface area contributed by atoms with E-state index in [1.165, 1.54) is 10.8 Å². The summed E-state index contributed by atoms with van der Waals surface area (Å²) in [6.45, 7) is 0.710. The molecule has 0 bridgehead atoms. The second kappa shape index (κ2) is 7.38. The van der Waals surface area contributed by atoms with E-state index in [9.17, 15) is 4.79 Å². The topological polar surface area (TPSA) is 34.0 Å². The Hall–Kier alpha value is -2.20. The molecule has 23 heavy (non-hydrogen) atoms. The normalized spacial score (nSPS) is 10.8. The molecular weight excluding hydrogens is 304 g/mol. The molecule has 0 aliphatic heterocycles. The quantitative estimate of drug-likeness (QED) is 0.695. The number of thioether (sulfide) groups is 1. The maximum Gasteiger partial charge on any atom is 0.325 e. The van der Waals surface area contributed by atoms with Gasteiger partial charge in [-0.25, -0.2) is 4.79 Å². The number of carbonyl (C=O) groups excluding carboxylic acids is 1. The van der Waals surface area contributed by atoms with Gasteiger partial charge in [-0.3, -0.25) is 4.57 Å². The van der Waals surface area contributed by atoms with Crippen molar-refractivity contribution in [1.82, 2.24) is 9.88 Å². The fourth-order valence-corrected chi connectivity index (χ4v) is 3.10. The van der Waals surface area contributed by atoms with Crippen molar-refractivity contribution in [2.24, 2.45) is 0 Å². The van der Waals surface area contributed by atoms with Crippen LogP contribution in [0.3, 0.4) is 0 Å². The zero-order valence-corrected chi connectivity index (χ0v) is 14.0. The van der Waals surface area contributed by atoms with E-state index >= 15 is 0 Å². The molecule has 3 nitrogen and oxygen atoms in total. The molecule has 4 heteroatoms. The van der Waals surface area contributed by atoms with Crippen LogP contribution in [-0.4, -0.2) is 29.2 Å². The predicted molar refractivity (Wildman–Crippen MR) is 99.2 cm³/mol. The highest BCUT2D eigenvalue weighted by molar-refractivity contribution is 7.98. The average molecular weight is 324 g/mol. The summed E-state index contributed by atoms with van der Waals surface area (Å²) in [5.74, 6) is 1.06. The van der Waals surface area contributed by atoms with Crippen LogP contribution in [0.1, 0.15) is 6.42 Å². The number of nitrogens with one attached hydrogen (secondary N) is 1. The molecule has 2 aromatic carbocycles.